The summed E-state index contributed by atoms with van der Waals surface area (Å²) in [4.78, 5) is 12.7. The van der Waals surface area contributed by atoms with E-state index in [0.717, 1.165) is 18.5 Å². The average Bonchev–Trinajstić information content (AvgIpc) is 2.81. The van der Waals surface area contributed by atoms with Gasteiger partial charge in [0.2, 0.25) is 0 Å². The minimum absolute atomic E-state index is 0.189. The molecule has 0 spiro atoms. The molecule has 0 aliphatic carbocycles. The van der Waals surface area contributed by atoms with Gasteiger partial charge in [-0.1, -0.05) is 0 Å². The molecule has 0 amide bonds. The maximum atomic E-state index is 12.7. The summed E-state index contributed by atoms with van der Waals surface area (Å²) in [5, 5.41) is -0.542. The molecule has 0 saturated heterocycles. The van der Waals surface area contributed by atoms with Crippen LogP contribution in [0.1, 0.15) is 44.4 Å². The van der Waals surface area contributed by atoms with E-state index in [0.29, 0.717) is 0 Å². The maximum absolute atomic E-state index is 12.7. The monoisotopic (exact) mass is 420 g/mol. The first-order chi connectivity index (χ1) is 14.5. The van der Waals surface area contributed by atoms with Gasteiger partial charge in [-0.15, -0.1) is 0 Å². The number of benzene rings is 3. The third kappa shape index (κ3) is 3.19. The van der Waals surface area contributed by atoms with Crippen molar-refractivity contribution in [3.05, 3.63) is 108 Å². The SMILES string of the molecule is CCP(CC)(CC)(OC(C)=O)C(c1ccccc1)(c1ccccc1)c1ccccc1. The van der Waals surface area contributed by atoms with E-state index in [2.05, 4.69) is 112 Å². The van der Waals surface area contributed by atoms with Gasteiger partial charge in [-0.25, -0.2) is 0 Å². The molecule has 3 heteroatoms. The molecule has 3 aromatic carbocycles. The van der Waals surface area contributed by atoms with E-state index in [1.807, 2.05) is 0 Å². The van der Waals surface area contributed by atoms with Crippen LogP contribution in [0.25, 0.3) is 0 Å². The minimum atomic E-state index is -3.20. The van der Waals surface area contributed by atoms with E-state index >= 15 is 0 Å². The topological polar surface area (TPSA) is 26.3 Å². The van der Waals surface area contributed by atoms with E-state index in [9.17, 15) is 4.79 Å². The van der Waals surface area contributed by atoms with Gasteiger partial charge < -0.3 is 0 Å². The van der Waals surface area contributed by atoms with E-state index < -0.39 is 12.0 Å². The molecule has 158 valence electrons. The van der Waals surface area contributed by atoms with Crippen molar-refractivity contribution < 1.29 is 9.32 Å². The third-order valence-corrected chi connectivity index (χ3v) is 14.6. The normalized spacial score (nSPS) is 13.3. The zero-order valence-corrected chi connectivity index (χ0v) is 19.4. The predicted octanol–water partition coefficient (Wildman–Crippen LogP) is 7.07. The first-order valence-electron chi connectivity index (χ1n) is 10.9. The van der Waals surface area contributed by atoms with E-state index in [4.69, 9.17) is 4.52 Å². The Morgan fingerprint density at radius 3 is 1.20 bits per heavy atom. The summed E-state index contributed by atoms with van der Waals surface area (Å²) in [5.74, 6) is -0.189. The summed E-state index contributed by atoms with van der Waals surface area (Å²) in [5.41, 5.74) is 3.56. The molecule has 0 bridgehead atoms. The fraction of sp³-hybridized carbons (Fsp3) is 0.296. The van der Waals surface area contributed by atoms with Gasteiger partial charge in [0.1, 0.15) is 0 Å². The van der Waals surface area contributed by atoms with E-state index in [1.165, 1.54) is 16.7 Å². The average molecular weight is 421 g/mol. The molecule has 0 N–H and O–H groups in total. The Morgan fingerprint density at radius 2 is 0.967 bits per heavy atom. The van der Waals surface area contributed by atoms with Gasteiger partial charge >= 0.3 is 181 Å². The van der Waals surface area contributed by atoms with Gasteiger partial charge in [-0.05, 0) is 0 Å². The molecule has 0 radical (unpaired) electrons. The fourth-order valence-electron chi connectivity index (χ4n) is 5.50. The van der Waals surface area contributed by atoms with Crippen molar-refractivity contribution in [1.29, 1.82) is 0 Å². The van der Waals surface area contributed by atoms with Crippen LogP contribution in [0.2, 0.25) is 0 Å². The van der Waals surface area contributed by atoms with Crippen molar-refractivity contribution in [1.82, 2.24) is 0 Å². The second-order valence-corrected chi connectivity index (χ2v) is 14.0. The zero-order valence-electron chi connectivity index (χ0n) is 18.5. The van der Waals surface area contributed by atoms with Crippen LogP contribution in [0.15, 0.2) is 91.0 Å². The van der Waals surface area contributed by atoms with Gasteiger partial charge in [0.05, 0.1) is 0 Å². The number of rotatable bonds is 8. The van der Waals surface area contributed by atoms with Crippen LogP contribution in [-0.2, 0) is 14.5 Å². The molecule has 0 aliphatic rings. The molecule has 3 aromatic rings. The molecule has 0 atom stereocenters. The summed E-state index contributed by atoms with van der Waals surface area (Å²) < 4.78 is 6.69. The number of hydrogen-bond donors (Lipinski definition) is 0. The molecule has 0 aliphatic heterocycles. The number of carbonyl (C=O) groups is 1. The Morgan fingerprint density at radius 1 is 0.667 bits per heavy atom. The van der Waals surface area contributed by atoms with Crippen molar-refractivity contribution in [3.63, 3.8) is 0 Å². The van der Waals surface area contributed by atoms with Crippen molar-refractivity contribution in [3.8, 4) is 0 Å². The van der Waals surface area contributed by atoms with Crippen molar-refractivity contribution in [2.45, 2.75) is 32.9 Å². The Labute approximate surface area is 181 Å². The molecular formula is C27H33O2P. The number of hydrogen-bond acceptors (Lipinski definition) is 2. The molecular weight excluding hydrogens is 387 g/mol. The van der Waals surface area contributed by atoms with Crippen LogP contribution in [0.3, 0.4) is 0 Å². The van der Waals surface area contributed by atoms with Gasteiger partial charge in [-0.3, -0.25) is 0 Å². The Balaban J connectivity index is 2.62. The zero-order chi connectivity index (χ0) is 21.7. The van der Waals surface area contributed by atoms with E-state index in [1.54, 1.807) is 6.92 Å². The second kappa shape index (κ2) is 8.74. The van der Waals surface area contributed by atoms with Gasteiger partial charge in [-0.2, -0.15) is 0 Å². The summed E-state index contributed by atoms with van der Waals surface area (Å²) in [6.45, 7) is 4.98. The quantitative estimate of drug-likeness (QED) is 0.288. The summed E-state index contributed by atoms with van der Waals surface area (Å²) in [7, 11) is 0. The third-order valence-electron chi connectivity index (χ3n) is 6.99. The van der Waals surface area contributed by atoms with Crippen molar-refractivity contribution in [2.75, 3.05) is 18.5 Å². The van der Waals surface area contributed by atoms with Crippen molar-refractivity contribution in [2.24, 2.45) is 0 Å². The molecule has 0 unspecified atom stereocenters. The molecule has 30 heavy (non-hydrogen) atoms. The van der Waals surface area contributed by atoms with E-state index in [-0.39, 0.29) is 5.97 Å². The molecule has 0 fully saturated rings. The second-order valence-electron chi connectivity index (χ2n) is 7.96. The first kappa shape index (κ1) is 22.2. The standard InChI is InChI=1S/C27H33O2P/c1-5-30(6-2,7-3,29-23(4)28)27(24-17-11-8-12-18-24,25-19-13-9-14-20-25)26-21-15-10-16-22-26/h8-22H,5-7H2,1-4H3. The Kier molecular flexibility index (Phi) is 6.48. The summed E-state index contributed by atoms with van der Waals surface area (Å²) in [6, 6.07) is 31.9. The fourth-order valence-corrected chi connectivity index (χ4v) is 11.9. The predicted molar refractivity (Wildman–Crippen MR) is 130 cm³/mol. The van der Waals surface area contributed by atoms with Gasteiger partial charge in [0, 0.05) is 0 Å². The molecule has 3 rings (SSSR count). The Hall–Kier alpha value is -2.44. The molecule has 2 nitrogen and oxygen atoms in total. The van der Waals surface area contributed by atoms with Crippen LogP contribution in [0, 0.1) is 0 Å². The summed E-state index contributed by atoms with van der Waals surface area (Å²) >= 11 is 0. The molecule has 0 aromatic heterocycles. The number of carbonyl (C=O) groups excluding carboxylic acids is 1. The van der Waals surface area contributed by atoms with Crippen LogP contribution in [0.4, 0.5) is 0 Å². The van der Waals surface area contributed by atoms with Crippen LogP contribution in [0.5, 0.6) is 0 Å². The summed E-state index contributed by atoms with van der Waals surface area (Å²) in [6.07, 6.45) is 2.45. The first-order valence-corrected chi connectivity index (χ1v) is 13.6. The molecule has 0 heterocycles. The Bertz CT molecular complexity index is 856. The van der Waals surface area contributed by atoms with Gasteiger partial charge in [0.15, 0.2) is 0 Å². The van der Waals surface area contributed by atoms with Gasteiger partial charge in [0.25, 0.3) is 0 Å². The van der Waals surface area contributed by atoms with Crippen molar-refractivity contribution >= 4 is 12.8 Å². The van der Waals surface area contributed by atoms with Crippen LogP contribution in [-0.4, -0.2) is 24.5 Å². The van der Waals surface area contributed by atoms with Crippen LogP contribution < -0.4 is 0 Å². The van der Waals surface area contributed by atoms with Crippen LogP contribution >= 0.6 is 6.83 Å². The molecule has 0 saturated carbocycles.